The minimum Gasteiger partial charge on any atom is -0.358 e. The Bertz CT molecular complexity index is 1140. The van der Waals surface area contributed by atoms with Gasteiger partial charge in [0, 0.05) is 42.3 Å². The molecule has 0 radical (unpaired) electrons. The van der Waals surface area contributed by atoms with E-state index in [9.17, 15) is 9.59 Å². The van der Waals surface area contributed by atoms with Gasteiger partial charge in [-0.1, -0.05) is 0 Å². The summed E-state index contributed by atoms with van der Waals surface area (Å²) in [5.74, 6) is 0.674. The van der Waals surface area contributed by atoms with E-state index < -0.39 is 0 Å². The van der Waals surface area contributed by atoms with Crippen molar-refractivity contribution in [3.05, 3.63) is 46.4 Å². The number of allylic oxidation sites excluding steroid dienone is 1. The number of likely N-dealkylation sites (tertiary alicyclic amines) is 2. The Kier molecular flexibility index (Phi) is 4.68. The maximum atomic E-state index is 13.7. The first-order valence-corrected chi connectivity index (χ1v) is 11.9. The van der Waals surface area contributed by atoms with Crippen LogP contribution in [0.3, 0.4) is 0 Å². The molecule has 2 amide bonds. The summed E-state index contributed by atoms with van der Waals surface area (Å²) in [6.07, 6.45) is 7.95. The predicted molar refractivity (Wildman–Crippen MR) is 123 cm³/mol. The quantitative estimate of drug-likeness (QED) is 0.731. The number of fused-ring (bicyclic) bond motifs is 2. The fourth-order valence-electron chi connectivity index (χ4n) is 6.10. The molecule has 4 aliphatic rings. The second-order valence-corrected chi connectivity index (χ2v) is 9.49. The molecule has 2 N–H and O–H groups in total. The number of carbonyl (C=O) groups is 2. The molecule has 7 heteroatoms. The van der Waals surface area contributed by atoms with E-state index in [0.29, 0.717) is 17.4 Å². The van der Waals surface area contributed by atoms with Gasteiger partial charge in [0.2, 0.25) is 0 Å². The number of nitrogens with zero attached hydrogens (tertiary/aromatic N) is 3. The van der Waals surface area contributed by atoms with Gasteiger partial charge in [0.1, 0.15) is 5.82 Å². The van der Waals surface area contributed by atoms with Gasteiger partial charge in [-0.15, -0.1) is 0 Å². The molecule has 1 aliphatic carbocycles. The van der Waals surface area contributed by atoms with E-state index in [1.807, 2.05) is 19.1 Å². The van der Waals surface area contributed by atoms with Gasteiger partial charge in [-0.05, 0) is 81.8 Å². The van der Waals surface area contributed by atoms with Gasteiger partial charge < -0.3 is 20.1 Å². The van der Waals surface area contributed by atoms with Crippen LogP contribution in [0.25, 0.3) is 11.1 Å². The first-order chi connectivity index (χ1) is 15.6. The zero-order chi connectivity index (χ0) is 21.8. The summed E-state index contributed by atoms with van der Waals surface area (Å²) in [6, 6.07) is 4.11. The van der Waals surface area contributed by atoms with Crippen molar-refractivity contribution in [3.63, 3.8) is 0 Å². The van der Waals surface area contributed by atoms with Crippen molar-refractivity contribution < 1.29 is 9.59 Å². The molecule has 5 heterocycles. The van der Waals surface area contributed by atoms with E-state index in [1.165, 1.54) is 12.8 Å². The Morgan fingerprint density at radius 2 is 2.03 bits per heavy atom. The third-order valence-corrected chi connectivity index (χ3v) is 7.58. The third-order valence-electron chi connectivity index (χ3n) is 7.58. The Morgan fingerprint density at radius 3 is 2.88 bits per heavy atom. The van der Waals surface area contributed by atoms with Crippen molar-refractivity contribution >= 4 is 28.8 Å². The first kappa shape index (κ1) is 19.7. The fourth-order valence-corrected chi connectivity index (χ4v) is 6.10. The highest BCUT2D eigenvalue weighted by Gasteiger charge is 2.38. The van der Waals surface area contributed by atoms with Crippen LogP contribution in [-0.4, -0.2) is 63.8 Å². The lowest BCUT2D eigenvalue weighted by molar-refractivity contribution is -0.110. The van der Waals surface area contributed by atoms with Crippen LogP contribution < -0.4 is 5.32 Å². The molecule has 0 saturated carbocycles. The summed E-state index contributed by atoms with van der Waals surface area (Å²) in [4.78, 5) is 38.9. The topological polar surface area (TPSA) is 81.3 Å². The number of rotatable bonds is 3. The molecular formula is C25H29N5O2. The minimum atomic E-state index is -0.105. The molecule has 2 fully saturated rings. The molecule has 6 rings (SSSR count). The van der Waals surface area contributed by atoms with E-state index in [4.69, 9.17) is 0 Å². The van der Waals surface area contributed by atoms with Crippen LogP contribution in [0.15, 0.2) is 18.3 Å². The van der Waals surface area contributed by atoms with Crippen LogP contribution in [-0.2, 0) is 11.2 Å². The SMILES string of the molecule is Cc1[nH]c2c(c1C(=O)N1CCC[C@H]1CN1CCCC1)CC/C2=C1/C(=O)Nc2ncccc21. The molecule has 0 bridgehead atoms. The third kappa shape index (κ3) is 3.02. The molecule has 166 valence electrons. The number of amides is 2. The average Bonchev–Trinajstić information content (AvgIpc) is 3.57. The van der Waals surface area contributed by atoms with Crippen molar-refractivity contribution in [1.82, 2.24) is 19.8 Å². The van der Waals surface area contributed by atoms with Crippen LogP contribution in [0, 0.1) is 6.92 Å². The summed E-state index contributed by atoms with van der Waals surface area (Å²) in [6.45, 7) is 6.14. The van der Waals surface area contributed by atoms with Crippen molar-refractivity contribution in [2.45, 2.75) is 51.5 Å². The normalized spacial score (nSPS) is 24.8. The van der Waals surface area contributed by atoms with Gasteiger partial charge in [-0.25, -0.2) is 4.98 Å². The van der Waals surface area contributed by atoms with Crippen molar-refractivity contribution in [2.24, 2.45) is 0 Å². The first-order valence-electron chi connectivity index (χ1n) is 11.9. The van der Waals surface area contributed by atoms with Crippen LogP contribution >= 0.6 is 0 Å². The zero-order valence-corrected chi connectivity index (χ0v) is 18.5. The molecule has 0 spiro atoms. The fraction of sp³-hybridized carbons (Fsp3) is 0.480. The highest BCUT2D eigenvalue weighted by molar-refractivity contribution is 6.36. The van der Waals surface area contributed by atoms with Gasteiger partial charge in [0.15, 0.2) is 0 Å². The summed E-state index contributed by atoms with van der Waals surface area (Å²) in [7, 11) is 0. The monoisotopic (exact) mass is 431 g/mol. The molecule has 3 aliphatic heterocycles. The lowest BCUT2D eigenvalue weighted by Crippen LogP contribution is -2.42. The number of aromatic amines is 1. The van der Waals surface area contributed by atoms with E-state index in [1.54, 1.807) is 6.20 Å². The van der Waals surface area contributed by atoms with Crippen LogP contribution in [0.5, 0.6) is 0 Å². The number of aromatic nitrogens is 2. The minimum absolute atomic E-state index is 0.105. The molecule has 0 unspecified atom stereocenters. The summed E-state index contributed by atoms with van der Waals surface area (Å²) < 4.78 is 0. The molecule has 7 nitrogen and oxygen atoms in total. The van der Waals surface area contributed by atoms with E-state index in [0.717, 1.165) is 85.5 Å². The Hall–Kier alpha value is -2.93. The smallest absolute Gasteiger partial charge is 0.257 e. The molecule has 1 atom stereocenters. The second kappa shape index (κ2) is 7.59. The molecule has 2 saturated heterocycles. The van der Waals surface area contributed by atoms with Gasteiger partial charge in [0.25, 0.3) is 11.8 Å². The summed E-state index contributed by atoms with van der Waals surface area (Å²) >= 11 is 0. The lowest BCUT2D eigenvalue weighted by Gasteiger charge is -2.29. The number of H-pyrrole nitrogens is 1. The number of hydrogen-bond acceptors (Lipinski definition) is 4. The molecule has 0 aromatic carbocycles. The molecular weight excluding hydrogens is 402 g/mol. The summed E-state index contributed by atoms with van der Waals surface area (Å²) in [5.41, 5.74) is 6.32. The van der Waals surface area contributed by atoms with Crippen LogP contribution in [0.2, 0.25) is 0 Å². The van der Waals surface area contributed by atoms with Gasteiger partial charge in [0.05, 0.1) is 11.1 Å². The highest BCUT2D eigenvalue weighted by Crippen LogP contribution is 2.44. The molecule has 32 heavy (non-hydrogen) atoms. The Labute approximate surface area is 187 Å². The highest BCUT2D eigenvalue weighted by atomic mass is 16.2. The Balaban J connectivity index is 1.34. The van der Waals surface area contributed by atoms with Crippen molar-refractivity contribution in [1.29, 1.82) is 0 Å². The number of pyridine rings is 1. The number of anilines is 1. The van der Waals surface area contributed by atoms with Crippen LogP contribution in [0.4, 0.5) is 5.82 Å². The second-order valence-electron chi connectivity index (χ2n) is 9.49. The Morgan fingerprint density at radius 1 is 1.19 bits per heavy atom. The van der Waals surface area contributed by atoms with Gasteiger partial charge >= 0.3 is 0 Å². The largest absolute Gasteiger partial charge is 0.358 e. The van der Waals surface area contributed by atoms with E-state index in [2.05, 4.69) is 25.1 Å². The number of aryl methyl sites for hydroxylation is 1. The predicted octanol–water partition coefficient (Wildman–Crippen LogP) is 3.23. The van der Waals surface area contributed by atoms with Gasteiger partial charge in [-0.3, -0.25) is 9.59 Å². The zero-order valence-electron chi connectivity index (χ0n) is 18.5. The number of hydrogen-bond donors (Lipinski definition) is 2. The van der Waals surface area contributed by atoms with E-state index >= 15 is 0 Å². The average molecular weight is 432 g/mol. The van der Waals surface area contributed by atoms with Crippen molar-refractivity contribution in [2.75, 3.05) is 31.5 Å². The maximum absolute atomic E-state index is 13.7. The maximum Gasteiger partial charge on any atom is 0.257 e. The number of nitrogens with one attached hydrogen (secondary N) is 2. The molecule has 2 aromatic heterocycles. The van der Waals surface area contributed by atoms with Crippen LogP contribution in [0.1, 0.15) is 65.0 Å². The van der Waals surface area contributed by atoms with Gasteiger partial charge in [-0.2, -0.15) is 0 Å². The lowest BCUT2D eigenvalue weighted by atomic mass is 10.0. The standard InChI is InChI=1S/C25H29N5O2/c1-15-20(25(32)30-13-5-6-16(30)14-29-11-2-3-12-29)17-8-9-18(22(17)27-15)21-19-7-4-10-26-23(19)28-24(21)31/h4,7,10,16,27H,2-3,5-6,8-9,11-14H2,1H3,(H,26,28,31)/b21-18-/t16-/m0/s1. The van der Waals surface area contributed by atoms with Crippen molar-refractivity contribution in [3.8, 4) is 0 Å². The van der Waals surface area contributed by atoms with E-state index in [-0.39, 0.29) is 11.8 Å². The molecule has 2 aromatic rings. The summed E-state index contributed by atoms with van der Waals surface area (Å²) in [5, 5.41) is 2.88. The number of carbonyl (C=O) groups excluding carboxylic acids is 2.